The number of benzene rings is 1. The van der Waals surface area contributed by atoms with E-state index in [1.807, 2.05) is 24.3 Å². The summed E-state index contributed by atoms with van der Waals surface area (Å²) in [6, 6.07) is 7.82. The Morgan fingerprint density at radius 3 is 2.87 bits per heavy atom. The fraction of sp³-hybridized carbons (Fsp3) is 0.0909. The molecule has 76 valence electrons. The standard InChI is InChI=1S/C11H8INO2/c1-7-13-10(11(14)15-7)6-8-3-2-4-9(12)5-8/h2-6H,1H3. The molecule has 1 heterocycles. The van der Waals surface area contributed by atoms with Crippen LogP contribution in [-0.2, 0) is 9.53 Å². The number of nitrogens with zero attached hydrogens (tertiary/aromatic N) is 1. The van der Waals surface area contributed by atoms with Gasteiger partial charge in [-0.25, -0.2) is 9.79 Å². The van der Waals surface area contributed by atoms with Crippen LogP contribution in [0.4, 0.5) is 0 Å². The van der Waals surface area contributed by atoms with Gasteiger partial charge in [0.15, 0.2) is 11.6 Å². The van der Waals surface area contributed by atoms with Gasteiger partial charge in [0.2, 0.25) is 0 Å². The third-order valence-corrected chi connectivity index (χ3v) is 2.55. The SMILES string of the molecule is CC1=NC(=Cc2cccc(I)c2)C(=O)O1. The van der Waals surface area contributed by atoms with Gasteiger partial charge in [-0.2, -0.15) is 0 Å². The Kier molecular flexibility index (Phi) is 2.86. The minimum Gasteiger partial charge on any atom is -0.407 e. The molecule has 0 aromatic heterocycles. The van der Waals surface area contributed by atoms with E-state index in [2.05, 4.69) is 27.6 Å². The number of esters is 1. The van der Waals surface area contributed by atoms with E-state index in [1.54, 1.807) is 13.0 Å². The molecule has 2 rings (SSSR count). The lowest BCUT2D eigenvalue weighted by atomic mass is 10.2. The lowest BCUT2D eigenvalue weighted by Crippen LogP contribution is -1.99. The minimum atomic E-state index is -0.383. The summed E-state index contributed by atoms with van der Waals surface area (Å²) in [4.78, 5) is 15.3. The first-order valence-corrected chi connectivity index (χ1v) is 5.48. The normalized spacial score (nSPS) is 17.9. The highest BCUT2D eigenvalue weighted by atomic mass is 127. The second-order valence-corrected chi connectivity index (χ2v) is 4.35. The predicted octanol–water partition coefficient (Wildman–Crippen LogP) is 2.61. The number of ether oxygens (including phenoxy) is 1. The van der Waals surface area contributed by atoms with Crippen LogP contribution in [-0.4, -0.2) is 11.9 Å². The number of carbonyl (C=O) groups is 1. The van der Waals surface area contributed by atoms with Crippen LogP contribution in [0.1, 0.15) is 12.5 Å². The van der Waals surface area contributed by atoms with Gasteiger partial charge in [0, 0.05) is 10.5 Å². The van der Waals surface area contributed by atoms with Gasteiger partial charge in [0.05, 0.1) is 0 Å². The molecule has 0 fully saturated rings. The average molecular weight is 313 g/mol. The van der Waals surface area contributed by atoms with Crippen LogP contribution >= 0.6 is 22.6 Å². The molecule has 3 nitrogen and oxygen atoms in total. The fourth-order valence-corrected chi connectivity index (χ4v) is 1.84. The van der Waals surface area contributed by atoms with Crippen molar-refractivity contribution in [2.75, 3.05) is 0 Å². The van der Waals surface area contributed by atoms with Crippen molar-refractivity contribution in [1.29, 1.82) is 0 Å². The quantitative estimate of drug-likeness (QED) is 0.454. The van der Waals surface area contributed by atoms with Crippen molar-refractivity contribution in [3.8, 4) is 0 Å². The molecule has 0 radical (unpaired) electrons. The van der Waals surface area contributed by atoms with Crippen molar-refractivity contribution in [2.45, 2.75) is 6.92 Å². The van der Waals surface area contributed by atoms with Crippen molar-refractivity contribution in [1.82, 2.24) is 0 Å². The molecule has 0 amide bonds. The number of rotatable bonds is 1. The molecule has 1 aromatic rings. The van der Waals surface area contributed by atoms with E-state index in [0.717, 1.165) is 9.13 Å². The first-order chi connectivity index (χ1) is 7.15. The van der Waals surface area contributed by atoms with Gasteiger partial charge in [-0.15, -0.1) is 0 Å². The molecule has 1 aliphatic rings. The summed E-state index contributed by atoms with van der Waals surface area (Å²) in [7, 11) is 0. The van der Waals surface area contributed by atoms with Crippen molar-refractivity contribution in [3.63, 3.8) is 0 Å². The van der Waals surface area contributed by atoms with Gasteiger partial charge < -0.3 is 4.74 Å². The van der Waals surface area contributed by atoms with Gasteiger partial charge in [0.1, 0.15) is 0 Å². The second-order valence-electron chi connectivity index (χ2n) is 3.10. The highest BCUT2D eigenvalue weighted by molar-refractivity contribution is 14.1. The Balaban J connectivity index is 2.35. The van der Waals surface area contributed by atoms with Crippen LogP contribution in [0.5, 0.6) is 0 Å². The Morgan fingerprint density at radius 1 is 1.47 bits per heavy atom. The predicted molar refractivity (Wildman–Crippen MR) is 66.3 cm³/mol. The number of carbonyl (C=O) groups excluding carboxylic acids is 1. The fourth-order valence-electron chi connectivity index (χ4n) is 1.27. The molecular weight excluding hydrogens is 305 g/mol. The number of hydrogen-bond donors (Lipinski definition) is 0. The lowest BCUT2D eigenvalue weighted by molar-refractivity contribution is -0.130. The van der Waals surface area contributed by atoms with Gasteiger partial charge in [-0.1, -0.05) is 12.1 Å². The molecule has 1 aromatic carbocycles. The molecule has 0 aliphatic carbocycles. The van der Waals surface area contributed by atoms with Crippen LogP contribution in [0.15, 0.2) is 35.0 Å². The minimum absolute atomic E-state index is 0.356. The maximum Gasteiger partial charge on any atom is 0.363 e. The van der Waals surface area contributed by atoms with E-state index in [4.69, 9.17) is 4.74 Å². The Morgan fingerprint density at radius 2 is 2.27 bits per heavy atom. The second kappa shape index (κ2) is 4.14. The molecule has 1 aliphatic heterocycles. The first-order valence-electron chi connectivity index (χ1n) is 4.40. The topological polar surface area (TPSA) is 38.7 Å². The summed E-state index contributed by atoms with van der Waals surface area (Å²) in [5.74, 6) is 0.0169. The molecule has 4 heteroatoms. The first kappa shape index (κ1) is 10.4. The Bertz CT molecular complexity index is 477. The van der Waals surface area contributed by atoms with E-state index < -0.39 is 0 Å². The zero-order chi connectivity index (χ0) is 10.8. The molecule has 0 bridgehead atoms. The zero-order valence-electron chi connectivity index (χ0n) is 8.03. The maximum atomic E-state index is 11.3. The van der Waals surface area contributed by atoms with E-state index in [1.165, 1.54) is 0 Å². The molecule has 0 N–H and O–H groups in total. The van der Waals surface area contributed by atoms with Gasteiger partial charge in [-0.3, -0.25) is 0 Å². The summed E-state index contributed by atoms with van der Waals surface area (Å²) in [5, 5.41) is 0. The summed E-state index contributed by atoms with van der Waals surface area (Å²) >= 11 is 2.22. The van der Waals surface area contributed by atoms with Crippen LogP contribution in [0.2, 0.25) is 0 Å². The number of halogens is 1. The van der Waals surface area contributed by atoms with Crippen LogP contribution < -0.4 is 0 Å². The Labute approximate surface area is 101 Å². The largest absolute Gasteiger partial charge is 0.407 e. The Hall–Kier alpha value is -1.17. The van der Waals surface area contributed by atoms with Crippen molar-refractivity contribution >= 4 is 40.5 Å². The molecule has 0 spiro atoms. The summed E-state index contributed by atoms with van der Waals surface area (Å²) in [6.45, 7) is 1.66. The molecule has 0 atom stereocenters. The van der Waals surface area contributed by atoms with E-state index in [9.17, 15) is 4.79 Å². The van der Waals surface area contributed by atoms with Crippen LogP contribution in [0.3, 0.4) is 0 Å². The number of aliphatic imine (C=N–C) groups is 1. The average Bonchev–Trinajstić information content (AvgIpc) is 2.45. The van der Waals surface area contributed by atoms with Gasteiger partial charge in [0.25, 0.3) is 0 Å². The van der Waals surface area contributed by atoms with Crippen LogP contribution in [0, 0.1) is 3.57 Å². The number of hydrogen-bond acceptors (Lipinski definition) is 3. The van der Waals surface area contributed by atoms with E-state index in [0.29, 0.717) is 11.6 Å². The highest BCUT2D eigenvalue weighted by Crippen LogP contribution is 2.16. The number of cyclic esters (lactones) is 1. The molecule has 15 heavy (non-hydrogen) atoms. The van der Waals surface area contributed by atoms with Crippen molar-refractivity contribution in [3.05, 3.63) is 39.1 Å². The van der Waals surface area contributed by atoms with Gasteiger partial charge in [-0.05, 0) is 46.4 Å². The maximum absolute atomic E-state index is 11.3. The molecule has 0 saturated carbocycles. The third kappa shape index (κ3) is 2.44. The lowest BCUT2D eigenvalue weighted by Gasteiger charge is -1.94. The molecule has 0 saturated heterocycles. The summed E-state index contributed by atoms with van der Waals surface area (Å²) < 4.78 is 5.94. The zero-order valence-corrected chi connectivity index (χ0v) is 10.2. The summed E-state index contributed by atoms with van der Waals surface area (Å²) in [5.41, 5.74) is 1.31. The summed E-state index contributed by atoms with van der Waals surface area (Å²) in [6.07, 6.45) is 1.72. The molecular formula is C11H8INO2. The van der Waals surface area contributed by atoms with E-state index in [-0.39, 0.29) is 5.97 Å². The monoisotopic (exact) mass is 313 g/mol. The van der Waals surface area contributed by atoms with Gasteiger partial charge >= 0.3 is 5.97 Å². The smallest absolute Gasteiger partial charge is 0.363 e. The van der Waals surface area contributed by atoms with Crippen LogP contribution in [0.25, 0.3) is 6.08 Å². The molecule has 0 unspecified atom stereocenters. The third-order valence-electron chi connectivity index (χ3n) is 1.88. The van der Waals surface area contributed by atoms with Crippen molar-refractivity contribution in [2.24, 2.45) is 4.99 Å². The van der Waals surface area contributed by atoms with E-state index >= 15 is 0 Å². The van der Waals surface area contributed by atoms with Crippen molar-refractivity contribution < 1.29 is 9.53 Å². The highest BCUT2D eigenvalue weighted by Gasteiger charge is 2.19.